The number of hydrogen-bond donors (Lipinski definition) is 1. The minimum Gasteiger partial charge on any atom is -0.481 e. The Bertz CT molecular complexity index is 370. The maximum atomic E-state index is 10.9. The zero-order valence-electron chi connectivity index (χ0n) is 10.1. The number of carboxylic acids is 1. The van der Waals surface area contributed by atoms with Gasteiger partial charge in [0, 0.05) is 24.9 Å². The third-order valence-corrected chi connectivity index (χ3v) is 2.86. The normalized spacial score (nSPS) is 12.3. The van der Waals surface area contributed by atoms with Crippen LogP contribution in [0.1, 0.15) is 44.2 Å². The van der Waals surface area contributed by atoms with Crippen LogP contribution in [0.25, 0.3) is 0 Å². The molecule has 0 amide bonds. The van der Waals surface area contributed by atoms with E-state index in [0.29, 0.717) is 6.42 Å². The summed E-state index contributed by atoms with van der Waals surface area (Å²) >= 11 is 0. The summed E-state index contributed by atoms with van der Waals surface area (Å²) in [6.45, 7) is 2.49. The van der Waals surface area contributed by atoms with Gasteiger partial charge in [-0.1, -0.05) is 6.42 Å². The molecule has 1 radical (unpaired) electrons. The quantitative estimate of drug-likeness (QED) is 0.705. The summed E-state index contributed by atoms with van der Waals surface area (Å²) < 4.78 is 1.98. The summed E-state index contributed by atoms with van der Waals surface area (Å²) in [5.74, 6) is -1.28. The highest BCUT2D eigenvalue weighted by atomic mass is 16.4. The van der Waals surface area contributed by atoms with E-state index in [4.69, 9.17) is 5.11 Å². The Morgan fingerprint density at radius 2 is 2.24 bits per heavy atom. The summed E-state index contributed by atoms with van der Waals surface area (Å²) in [5.41, 5.74) is 0.833. The van der Waals surface area contributed by atoms with Crippen molar-refractivity contribution >= 4 is 12.3 Å². The van der Waals surface area contributed by atoms with Crippen LogP contribution in [0, 0.1) is 0 Å². The smallest absolute Gasteiger partial charge is 0.312 e. The molecule has 1 rings (SSSR count). The lowest BCUT2D eigenvalue weighted by Gasteiger charge is -2.12. The largest absolute Gasteiger partial charge is 0.481 e. The predicted octanol–water partition coefficient (Wildman–Crippen LogP) is 2.35. The van der Waals surface area contributed by atoms with Gasteiger partial charge in [0.2, 0.25) is 0 Å². The number of aryl methyl sites for hydroxylation is 1. The van der Waals surface area contributed by atoms with E-state index in [-0.39, 0.29) is 0 Å². The molecule has 1 heterocycles. The van der Waals surface area contributed by atoms with E-state index in [1.54, 1.807) is 6.92 Å². The molecule has 0 aromatic carbocycles. The van der Waals surface area contributed by atoms with Crippen LogP contribution in [-0.2, 0) is 16.1 Å². The molecule has 0 spiro atoms. The lowest BCUT2D eigenvalue weighted by molar-refractivity contribution is -0.138. The van der Waals surface area contributed by atoms with E-state index in [1.807, 2.05) is 29.2 Å². The molecule has 0 aliphatic carbocycles. The number of carbonyl (C=O) groups excluding carboxylic acids is 1. The zero-order chi connectivity index (χ0) is 12.7. The number of hydrogen-bond acceptors (Lipinski definition) is 2. The minimum atomic E-state index is -0.805. The molecular weight excluding hydrogens is 218 g/mol. The fourth-order valence-corrected chi connectivity index (χ4v) is 1.81. The standard InChI is InChI=1S/C13H18NO3/c1-11(13(16)17)12-7-6-9-14(12)8-4-2-3-5-10-15/h6-7,9,11H,2-5,8H2,1H3,(H,16,17). The van der Waals surface area contributed by atoms with E-state index < -0.39 is 11.9 Å². The van der Waals surface area contributed by atoms with Crippen LogP contribution >= 0.6 is 0 Å². The van der Waals surface area contributed by atoms with Crippen molar-refractivity contribution in [1.29, 1.82) is 0 Å². The number of nitrogens with zero attached hydrogens (tertiary/aromatic N) is 1. The van der Waals surface area contributed by atoms with Crippen molar-refractivity contribution in [3.8, 4) is 0 Å². The van der Waals surface area contributed by atoms with Gasteiger partial charge >= 0.3 is 5.97 Å². The second-order valence-corrected chi connectivity index (χ2v) is 4.14. The van der Waals surface area contributed by atoms with Gasteiger partial charge in [0.05, 0.1) is 5.92 Å². The Morgan fingerprint density at radius 3 is 2.88 bits per heavy atom. The monoisotopic (exact) mass is 236 g/mol. The van der Waals surface area contributed by atoms with Crippen molar-refractivity contribution in [2.24, 2.45) is 0 Å². The first-order valence-corrected chi connectivity index (χ1v) is 5.89. The average Bonchev–Trinajstić information content (AvgIpc) is 2.76. The number of rotatable bonds is 8. The van der Waals surface area contributed by atoms with Crippen LogP contribution in [-0.4, -0.2) is 21.9 Å². The fourth-order valence-electron chi connectivity index (χ4n) is 1.81. The second-order valence-electron chi connectivity index (χ2n) is 4.14. The Balaban J connectivity index is 2.46. The van der Waals surface area contributed by atoms with Gasteiger partial charge in [-0.05, 0) is 31.9 Å². The molecule has 0 aliphatic heterocycles. The SMILES string of the molecule is CC(C(=O)O)c1cccn1CCCCC[C]=O. The Labute approximate surface area is 101 Å². The minimum absolute atomic E-state index is 0.478. The number of unbranched alkanes of at least 4 members (excludes halogenated alkanes) is 3. The van der Waals surface area contributed by atoms with Gasteiger partial charge in [0.1, 0.15) is 0 Å². The first-order chi connectivity index (χ1) is 8.16. The summed E-state index contributed by atoms with van der Waals surface area (Å²) in [7, 11) is 0. The summed E-state index contributed by atoms with van der Waals surface area (Å²) in [6.07, 6.45) is 7.04. The van der Waals surface area contributed by atoms with Gasteiger partial charge in [0.25, 0.3) is 0 Å². The molecule has 0 aliphatic rings. The van der Waals surface area contributed by atoms with Gasteiger partial charge in [0.15, 0.2) is 6.29 Å². The molecule has 1 atom stereocenters. The number of aromatic nitrogens is 1. The van der Waals surface area contributed by atoms with Crippen molar-refractivity contribution in [3.63, 3.8) is 0 Å². The van der Waals surface area contributed by atoms with Gasteiger partial charge in [-0.2, -0.15) is 0 Å². The molecule has 4 nitrogen and oxygen atoms in total. The number of aliphatic carboxylic acids is 1. The van der Waals surface area contributed by atoms with Gasteiger partial charge in [-0.25, -0.2) is 0 Å². The molecule has 0 bridgehead atoms. The summed E-state index contributed by atoms with van der Waals surface area (Å²) in [6, 6.07) is 3.71. The van der Waals surface area contributed by atoms with Crippen molar-refractivity contribution in [2.75, 3.05) is 0 Å². The van der Waals surface area contributed by atoms with Crippen LogP contribution in [0.2, 0.25) is 0 Å². The first-order valence-electron chi connectivity index (χ1n) is 5.89. The molecule has 0 fully saturated rings. The fraction of sp³-hybridized carbons (Fsp3) is 0.538. The van der Waals surface area contributed by atoms with Crippen LogP contribution in [0.15, 0.2) is 18.3 Å². The summed E-state index contributed by atoms with van der Waals surface area (Å²) in [5, 5.41) is 8.96. The molecule has 93 valence electrons. The van der Waals surface area contributed by atoms with Gasteiger partial charge in [-0.15, -0.1) is 0 Å². The zero-order valence-corrected chi connectivity index (χ0v) is 10.1. The molecule has 1 aromatic rings. The highest BCUT2D eigenvalue weighted by molar-refractivity contribution is 5.74. The van der Waals surface area contributed by atoms with E-state index >= 15 is 0 Å². The Morgan fingerprint density at radius 1 is 1.47 bits per heavy atom. The van der Waals surface area contributed by atoms with Gasteiger partial charge < -0.3 is 9.67 Å². The Kier molecular flexibility index (Phi) is 5.46. The van der Waals surface area contributed by atoms with Crippen molar-refractivity contribution < 1.29 is 14.7 Å². The third-order valence-electron chi connectivity index (χ3n) is 2.86. The van der Waals surface area contributed by atoms with Crippen molar-refractivity contribution in [3.05, 3.63) is 24.0 Å². The van der Waals surface area contributed by atoms with E-state index in [2.05, 4.69) is 0 Å². The second kappa shape index (κ2) is 6.89. The lowest BCUT2D eigenvalue weighted by atomic mass is 10.1. The molecule has 1 N–H and O–H groups in total. The topological polar surface area (TPSA) is 59.3 Å². The molecule has 0 saturated heterocycles. The van der Waals surface area contributed by atoms with E-state index in [1.165, 1.54) is 0 Å². The molecule has 17 heavy (non-hydrogen) atoms. The van der Waals surface area contributed by atoms with Gasteiger partial charge in [-0.3, -0.25) is 9.59 Å². The van der Waals surface area contributed by atoms with Crippen LogP contribution in [0.3, 0.4) is 0 Å². The van der Waals surface area contributed by atoms with Crippen LogP contribution in [0.5, 0.6) is 0 Å². The molecule has 1 aromatic heterocycles. The van der Waals surface area contributed by atoms with Crippen LogP contribution < -0.4 is 0 Å². The van der Waals surface area contributed by atoms with E-state index in [0.717, 1.165) is 31.5 Å². The Hall–Kier alpha value is -1.58. The lowest BCUT2D eigenvalue weighted by Crippen LogP contribution is -2.13. The third kappa shape index (κ3) is 4.06. The maximum absolute atomic E-state index is 10.9. The predicted molar refractivity (Wildman–Crippen MR) is 64.6 cm³/mol. The maximum Gasteiger partial charge on any atom is 0.312 e. The first kappa shape index (κ1) is 13.5. The average molecular weight is 236 g/mol. The number of carbonyl (C=O) groups is 1. The molecule has 0 saturated carbocycles. The highest BCUT2D eigenvalue weighted by Crippen LogP contribution is 2.17. The highest BCUT2D eigenvalue weighted by Gasteiger charge is 2.16. The summed E-state index contributed by atoms with van der Waals surface area (Å²) in [4.78, 5) is 20.9. The van der Waals surface area contributed by atoms with Crippen LogP contribution in [0.4, 0.5) is 0 Å². The van der Waals surface area contributed by atoms with Crippen molar-refractivity contribution in [1.82, 2.24) is 4.57 Å². The van der Waals surface area contributed by atoms with Crippen molar-refractivity contribution in [2.45, 2.75) is 45.1 Å². The van der Waals surface area contributed by atoms with E-state index in [9.17, 15) is 9.59 Å². The number of carboxylic acid groups (broad SMARTS) is 1. The molecular formula is C13H18NO3. The molecule has 4 heteroatoms. The molecule has 1 unspecified atom stereocenters.